The van der Waals surface area contributed by atoms with Crippen molar-refractivity contribution in [2.24, 2.45) is 0 Å². The Morgan fingerprint density at radius 3 is 2.62 bits per heavy atom. The molecule has 2 aromatic heterocycles. The summed E-state index contributed by atoms with van der Waals surface area (Å²) in [7, 11) is -3.65. The van der Waals surface area contributed by atoms with E-state index in [1.165, 1.54) is 28.7 Å². The maximum absolute atomic E-state index is 12.8. The van der Waals surface area contributed by atoms with Gasteiger partial charge in [-0.1, -0.05) is 37.2 Å². The van der Waals surface area contributed by atoms with Crippen molar-refractivity contribution in [1.29, 1.82) is 5.26 Å². The number of rotatable bonds is 8. The molecule has 1 atom stereocenters. The van der Waals surface area contributed by atoms with Crippen LogP contribution in [-0.4, -0.2) is 51.6 Å². The van der Waals surface area contributed by atoms with E-state index >= 15 is 0 Å². The van der Waals surface area contributed by atoms with Crippen molar-refractivity contribution in [2.45, 2.75) is 36.1 Å². The molecule has 1 amide bonds. The number of thioether (sulfide) groups is 1. The molecule has 3 aromatic rings. The van der Waals surface area contributed by atoms with E-state index in [1.807, 2.05) is 6.07 Å². The molecule has 0 aliphatic heterocycles. The van der Waals surface area contributed by atoms with Crippen molar-refractivity contribution in [1.82, 2.24) is 18.9 Å². The van der Waals surface area contributed by atoms with Gasteiger partial charge in [0.25, 0.3) is 0 Å². The first kappa shape index (κ1) is 24.0. The predicted molar refractivity (Wildman–Crippen MR) is 123 cm³/mol. The molecule has 2 heterocycles. The van der Waals surface area contributed by atoms with Gasteiger partial charge in [-0.3, -0.25) is 9.20 Å². The fourth-order valence-electron chi connectivity index (χ4n) is 2.93. The van der Waals surface area contributed by atoms with E-state index < -0.39 is 15.3 Å². The van der Waals surface area contributed by atoms with Gasteiger partial charge in [-0.2, -0.15) is 9.57 Å². The number of halogens is 1. The van der Waals surface area contributed by atoms with Crippen LogP contribution in [0.15, 0.2) is 46.6 Å². The van der Waals surface area contributed by atoms with Crippen LogP contribution in [0.3, 0.4) is 0 Å². The number of amides is 1. The lowest BCUT2D eigenvalue weighted by Crippen LogP contribution is -2.30. The average Bonchev–Trinajstić information content (AvgIpc) is 3.16. The summed E-state index contributed by atoms with van der Waals surface area (Å²) >= 11 is 7.16. The molecule has 0 radical (unpaired) electrons. The second kappa shape index (κ2) is 9.87. The molecule has 1 N–H and O–H groups in total. The zero-order valence-corrected chi connectivity index (χ0v) is 20.0. The van der Waals surface area contributed by atoms with Crippen molar-refractivity contribution in [2.75, 3.05) is 18.4 Å². The molecular weight excluding hydrogens is 472 g/mol. The second-order valence-corrected chi connectivity index (χ2v) is 10.4. The normalized spacial score (nSPS) is 12.6. The monoisotopic (exact) mass is 492 g/mol. The van der Waals surface area contributed by atoms with Gasteiger partial charge >= 0.3 is 0 Å². The number of hydrogen-bond donors (Lipinski definition) is 1. The van der Waals surface area contributed by atoms with Crippen molar-refractivity contribution >= 4 is 50.6 Å². The molecule has 1 unspecified atom stereocenters. The SMILES string of the molecule is CCN(CC)S(=O)(=O)c1ccc2nnc(SC(C)C(=O)Nc3ccc(C#N)c(Cl)c3)n2c1. The fraction of sp³-hybridized carbons (Fsp3) is 0.300. The van der Waals surface area contributed by atoms with E-state index in [0.717, 1.165) is 11.8 Å². The Labute approximate surface area is 195 Å². The van der Waals surface area contributed by atoms with E-state index in [1.54, 1.807) is 37.3 Å². The largest absolute Gasteiger partial charge is 0.325 e. The van der Waals surface area contributed by atoms with Crippen LogP contribution in [0.5, 0.6) is 0 Å². The number of pyridine rings is 1. The Morgan fingerprint density at radius 2 is 2.00 bits per heavy atom. The highest BCUT2D eigenvalue weighted by atomic mass is 35.5. The zero-order valence-electron chi connectivity index (χ0n) is 17.6. The highest BCUT2D eigenvalue weighted by Gasteiger charge is 2.24. The number of carbonyl (C=O) groups is 1. The van der Waals surface area contributed by atoms with Crippen LogP contribution >= 0.6 is 23.4 Å². The lowest BCUT2D eigenvalue weighted by atomic mass is 10.2. The third-order valence-electron chi connectivity index (χ3n) is 4.70. The maximum atomic E-state index is 12.8. The van der Waals surface area contributed by atoms with Gasteiger partial charge in [0.2, 0.25) is 15.9 Å². The molecule has 168 valence electrons. The molecule has 0 spiro atoms. The van der Waals surface area contributed by atoms with Crippen molar-refractivity contribution in [3.63, 3.8) is 0 Å². The molecular formula is C20H21ClN6O3S2. The fourth-order valence-corrected chi connectivity index (χ4v) is 5.44. The lowest BCUT2D eigenvalue weighted by Gasteiger charge is -2.18. The topological polar surface area (TPSA) is 120 Å². The van der Waals surface area contributed by atoms with Gasteiger partial charge in [-0.15, -0.1) is 10.2 Å². The summed E-state index contributed by atoms with van der Waals surface area (Å²) in [6, 6.07) is 9.67. The summed E-state index contributed by atoms with van der Waals surface area (Å²) in [6.45, 7) is 5.97. The number of fused-ring (bicyclic) bond motifs is 1. The molecule has 0 saturated heterocycles. The quantitative estimate of drug-likeness (QED) is 0.478. The molecule has 0 aliphatic rings. The average molecular weight is 493 g/mol. The van der Waals surface area contributed by atoms with E-state index in [2.05, 4.69) is 15.5 Å². The van der Waals surface area contributed by atoms with Gasteiger partial charge < -0.3 is 5.32 Å². The maximum Gasteiger partial charge on any atom is 0.244 e. The lowest BCUT2D eigenvalue weighted by molar-refractivity contribution is -0.115. The molecule has 1 aromatic carbocycles. The molecule has 0 bridgehead atoms. The first-order valence-electron chi connectivity index (χ1n) is 9.73. The summed E-state index contributed by atoms with van der Waals surface area (Å²) < 4.78 is 28.6. The Hall–Kier alpha value is -2.65. The first-order valence-corrected chi connectivity index (χ1v) is 12.4. The van der Waals surface area contributed by atoms with Gasteiger partial charge in [-0.05, 0) is 37.3 Å². The Balaban J connectivity index is 1.81. The molecule has 9 nitrogen and oxygen atoms in total. The van der Waals surface area contributed by atoms with Crippen molar-refractivity contribution in [3.05, 3.63) is 47.1 Å². The number of hydrogen-bond acceptors (Lipinski definition) is 7. The van der Waals surface area contributed by atoms with Gasteiger partial charge in [0, 0.05) is 25.0 Å². The van der Waals surface area contributed by atoms with Crippen LogP contribution in [0.2, 0.25) is 5.02 Å². The van der Waals surface area contributed by atoms with E-state index in [4.69, 9.17) is 16.9 Å². The minimum Gasteiger partial charge on any atom is -0.325 e. The smallest absolute Gasteiger partial charge is 0.244 e. The van der Waals surface area contributed by atoms with Crippen LogP contribution in [0.1, 0.15) is 26.3 Å². The zero-order chi connectivity index (χ0) is 23.5. The summed E-state index contributed by atoms with van der Waals surface area (Å²) in [5.41, 5.74) is 1.25. The van der Waals surface area contributed by atoms with Crippen LogP contribution in [0.25, 0.3) is 5.65 Å². The Kier molecular flexibility index (Phi) is 7.40. The minimum atomic E-state index is -3.65. The van der Waals surface area contributed by atoms with Crippen LogP contribution in [0.4, 0.5) is 5.69 Å². The van der Waals surface area contributed by atoms with E-state index in [9.17, 15) is 13.2 Å². The predicted octanol–water partition coefficient (Wildman–Crippen LogP) is 3.40. The number of nitriles is 1. The number of aromatic nitrogens is 3. The summed E-state index contributed by atoms with van der Waals surface area (Å²) in [5, 5.41) is 19.9. The minimum absolute atomic E-state index is 0.125. The molecule has 3 rings (SSSR count). The van der Waals surface area contributed by atoms with Gasteiger partial charge in [-0.25, -0.2) is 8.42 Å². The number of nitrogens with one attached hydrogen (secondary N) is 1. The van der Waals surface area contributed by atoms with Crippen LogP contribution in [-0.2, 0) is 14.8 Å². The third kappa shape index (κ3) is 4.88. The molecule has 0 aliphatic carbocycles. The third-order valence-corrected chi connectivity index (χ3v) is 8.10. The van der Waals surface area contributed by atoms with Gasteiger partial charge in [0.1, 0.15) is 6.07 Å². The first-order chi connectivity index (χ1) is 15.2. The number of carbonyl (C=O) groups excluding carboxylic acids is 1. The molecule has 0 saturated carbocycles. The van der Waals surface area contributed by atoms with Crippen LogP contribution < -0.4 is 5.32 Å². The highest BCUT2D eigenvalue weighted by molar-refractivity contribution is 8.00. The van der Waals surface area contributed by atoms with Crippen molar-refractivity contribution < 1.29 is 13.2 Å². The summed E-state index contributed by atoms with van der Waals surface area (Å²) in [4.78, 5) is 12.8. The number of sulfonamides is 1. The van der Waals surface area contributed by atoms with Crippen LogP contribution in [0, 0.1) is 11.3 Å². The highest BCUT2D eigenvalue weighted by Crippen LogP contribution is 2.26. The van der Waals surface area contributed by atoms with Gasteiger partial charge in [0.15, 0.2) is 10.8 Å². The van der Waals surface area contributed by atoms with E-state index in [0.29, 0.717) is 35.1 Å². The molecule has 0 fully saturated rings. The standard InChI is InChI=1S/C20H21ClN6O3S2/c1-4-26(5-2)32(29,30)16-8-9-18-24-25-20(27(18)12-16)31-13(3)19(28)23-15-7-6-14(11-22)17(21)10-15/h6-10,12-13H,4-5H2,1-3H3,(H,23,28). The number of nitrogens with zero attached hydrogens (tertiary/aromatic N) is 5. The number of benzene rings is 1. The molecule has 32 heavy (non-hydrogen) atoms. The summed E-state index contributed by atoms with van der Waals surface area (Å²) in [6.07, 6.45) is 1.47. The number of anilines is 1. The van der Waals surface area contributed by atoms with Crippen molar-refractivity contribution in [3.8, 4) is 6.07 Å². The second-order valence-electron chi connectivity index (χ2n) is 6.72. The van der Waals surface area contributed by atoms with Gasteiger partial charge in [0.05, 0.1) is 20.7 Å². The Bertz CT molecular complexity index is 1300. The summed E-state index contributed by atoms with van der Waals surface area (Å²) in [5.74, 6) is -0.306. The Morgan fingerprint density at radius 1 is 1.28 bits per heavy atom. The van der Waals surface area contributed by atoms with E-state index in [-0.39, 0.29) is 15.8 Å². The molecule has 12 heteroatoms.